The molecule has 96 valence electrons. The zero-order chi connectivity index (χ0) is 12.0. The van der Waals surface area contributed by atoms with Gasteiger partial charge >= 0.3 is 0 Å². The van der Waals surface area contributed by atoms with Gasteiger partial charge in [-0.1, -0.05) is 26.2 Å². The van der Waals surface area contributed by atoms with Crippen molar-refractivity contribution in [1.29, 1.82) is 0 Å². The van der Waals surface area contributed by atoms with Crippen molar-refractivity contribution in [3.63, 3.8) is 0 Å². The van der Waals surface area contributed by atoms with Crippen LogP contribution in [0.25, 0.3) is 0 Å². The molecule has 0 aromatic heterocycles. The molecule has 1 aliphatic rings. The van der Waals surface area contributed by atoms with Crippen LogP contribution in [0.5, 0.6) is 0 Å². The molecule has 2 N–H and O–H groups in total. The quantitative estimate of drug-likeness (QED) is 0.714. The molecule has 1 fully saturated rings. The van der Waals surface area contributed by atoms with Crippen molar-refractivity contribution >= 4 is 10.0 Å². The summed E-state index contributed by atoms with van der Waals surface area (Å²) < 4.78 is 25.5. The Morgan fingerprint density at radius 1 is 1.38 bits per heavy atom. The van der Waals surface area contributed by atoms with Crippen LogP contribution in [0.4, 0.5) is 0 Å². The van der Waals surface area contributed by atoms with Crippen LogP contribution >= 0.6 is 0 Å². The third-order valence-electron chi connectivity index (χ3n) is 3.22. The molecular formula is C11H23NO3S. The highest BCUT2D eigenvalue weighted by atomic mass is 32.2. The molecule has 0 bridgehead atoms. The molecule has 0 spiro atoms. The number of nitrogens with one attached hydrogen (secondary N) is 1. The highest BCUT2D eigenvalue weighted by molar-refractivity contribution is 7.89. The maximum Gasteiger partial charge on any atom is 0.211 e. The minimum Gasteiger partial charge on any atom is -0.391 e. The van der Waals surface area contributed by atoms with Gasteiger partial charge in [0.2, 0.25) is 10.0 Å². The zero-order valence-electron chi connectivity index (χ0n) is 9.98. The first-order chi connectivity index (χ1) is 7.55. The number of hydrogen-bond acceptors (Lipinski definition) is 3. The summed E-state index contributed by atoms with van der Waals surface area (Å²) in [5.41, 5.74) is 0. The van der Waals surface area contributed by atoms with E-state index in [1.54, 1.807) is 0 Å². The van der Waals surface area contributed by atoms with E-state index in [-0.39, 0.29) is 18.2 Å². The van der Waals surface area contributed by atoms with Gasteiger partial charge in [0.05, 0.1) is 11.9 Å². The number of sulfonamides is 1. The third kappa shape index (κ3) is 4.80. The minimum absolute atomic E-state index is 0.168. The Morgan fingerprint density at radius 2 is 2.00 bits per heavy atom. The van der Waals surface area contributed by atoms with E-state index in [0.717, 1.165) is 32.1 Å². The maximum absolute atomic E-state index is 11.5. The molecule has 16 heavy (non-hydrogen) atoms. The van der Waals surface area contributed by atoms with Crippen LogP contribution in [0.1, 0.15) is 45.4 Å². The minimum atomic E-state index is -3.18. The Labute approximate surface area is 98.5 Å². The molecule has 0 amide bonds. The summed E-state index contributed by atoms with van der Waals surface area (Å²) in [6.07, 6.45) is 5.39. The Hall–Kier alpha value is -0.130. The van der Waals surface area contributed by atoms with E-state index in [0.29, 0.717) is 6.42 Å². The Morgan fingerprint density at radius 3 is 2.56 bits per heavy atom. The van der Waals surface area contributed by atoms with Gasteiger partial charge in [-0.25, -0.2) is 13.1 Å². The Kier molecular flexibility index (Phi) is 5.72. The lowest BCUT2D eigenvalue weighted by molar-refractivity contribution is 0.115. The first-order valence-corrected chi connectivity index (χ1v) is 7.86. The topological polar surface area (TPSA) is 66.4 Å². The molecule has 0 aromatic rings. The van der Waals surface area contributed by atoms with E-state index in [2.05, 4.69) is 4.72 Å². The van der Waals surface area contributed by atoms with Gasteiger partial charge in [0.15, 0.2) is 0 Å². The molecule has 1 aliphatic carbocycles. The second-order valence-electron chi connectivity index (χ2n) is 4.63. The van der Waals surface area contributed by atoms with Crippen LogP contribution in [-0.2, 0) is 10.0 Å². The van der Waals surface area contributed by atoms with Gasteiger partial charge in [-0.3, -0.25) is 0 Å². The standard InChI is InChI=1S/C11H23NO3S/c1-2-3-8-16(14,15)12-9-11(13)10-6-4-5-7-10/h10-13H,2-9H2,1H3. The molecule has 0 saturated heterocycles. The number of unbranched alkanes of at least 4 members (excludes halogenated alkanes) is 1. The van der Waals surface area contributed by atoms with Crippen LogP contribution in [0, 0.1) is 5.92 Å². The number of aliphatic hydroxyl groups excluding tert-OH is 1. The Bertz CT molecular complexity index is 284. The molecule has 0 aliphatic heterocycles. The predicted octanol–water partition coefficient (Wildman–Crippen LogP) is 1.26. The highest BCUT2D eigenvalue weighted by Crippen LogP contribution is 2.27. The van der Waals surface area contributed by atoms with E-state index in [9.17, 15) is 13.5 Å². The zero-order valence-corrected chi connectivity index (χ0v) is 10.8. The monoisotopic (exact) mass is 249 g/mol. The summed E-state index contributed by atoms with van der Waals surface area (Å²) in [5.74, 6) is 0.454. The molecule has 1 unspecified atom stereocenters. The second-order valence-corrected chi connectivity index (χ2v) is 6.56. The average molecular weight is 249 g/mol. The summed E-state index contributed by atoms with van der Waals surface area (Å²) >= 11 is 0. The van der Waals surface area contributed by atoms with Crippen molar-refractivity contribution in [2.24, 2.45) is 5.92 Å². The molecule has 0 radical (unpaired) electrons. The molecule has 0 aromatic carbocycles. The molecule has 1 atom stereocenters. The molecule has 1 saturated carbocycles. The van der Waals surface area contributed by atoms with Gasteiger partial charge in [-0.15, -0.1) is 0 Å². The average Bonchev–Trinajstić information content (AvgIpc) is 2.77. The van der Waals surface area contributed by atoms with Crippen LogP contribution in [0.15, 0.2) is 0 Å². The summed E-state index contributed by atoms with van der Waals surface area (Å²) in [4.78, 5) is 0. The number of rotatable bonds is 7. The largest absolute Gasteiger partial charge is 0.391 e. The van der Waals surface area contributed by atoms with Gasteiger partial charge in [0.1, 0.15) is 0 Å². The van der Waals surface area contributed by atoms with E-state index < -0.39 is 16.1 Å². The fourth-order valence-corrected chi connectivity index (χ4v) is 3.37. The third-order valence-corrected chi connectivity index (χ3v) is 4.66. The lowest BCUT2D eigenvalue weighted by Crippen LogP contribution is -2.36. The highest BCUT2D eigenvalue weighted by Gasteiger charge is 2.24. The van der Waals surface area contributed by atoms with Gasteiger partial charge in [-0.05, 0) is 25.2 Å². The van der Waals surface area contributed by atoms with Crippen molar-refractivity contribution in [2.45, 2.75) is 51.6 Å². The summed E-state index contributed by atoms with van der Waals surface area (Å²) in [6, 6.07) is 0. The SMILES string of the molecule is CCCCS(=O)(=O)NCC(O)C1CCCC1. The van der Waals surface area contributed by atoms with Gasteiger partial charge in [-0.2, -0.15) is 0 Å². The van der Waals surface area contributed by atoms with Crippen LogP contribution in [0.3, 0.4) is 0 Å². The molecule has 0 heterocycles. The first-order valence-electron chi connectivity index (χ1n) is 6.20. The lowest BCUT2D eigenvalue weighted by atomic mass is 10.0. The normalized spacial score (nSPS) is 20.1. The van der Waals surface area contributed by atoms with Crippen molar-refractivity contribution in [3.05, 3.63) is 0 Å². The van der Waals surface area contributed by atoms with Crippen molar-refractivity contribution < 1.29 is 13.5 Å². The lowest BCUT2D eigenvalue weighted by Gasteiger charge is -2.18. The molecule has 1 rings (SSSR count). The van der Waals surface area contributed by atoms with Crippen molar-refractivity contribution in [1.82, 2.24) is 4.72 Å². The van der Waals surface area contributed by atoms with Gasteiger partial charge in [0, 0.05) is 6.54 Å². The Balaban J connectivity index is 2.27. The van der Waals surface area contributed by atoms with Gasteiger partial charge in [0.25, 0.3) is 0 Å². The number of hydrogen-bond donors (Lipinski definition) is 2. The van der Waals surface area contributed by atoms with Crippen LogP contribution in [-0.4, -0.2) is 31.9 Å². The van der Waals surface area contributed by atoms with Crippen LogP contribution in [0.2, 0.25) is 0 Å². The van der Waals surface area contributed by atoms with Crippen molar-refractivity contribution in [2.75, 3.05) is 12.3 Å². The van der Waals surface area contributed by atoms with E-state index in [1.807, 2.05) is 6.92 Å². The van der Waals surface area contributed by atoms with Gasteiger partial charge < -0.3 is 5.11 Å². The smallest absolute Gasteiger partial charge is 0.211 e. The van der Waals surface area contributed by atoms with E-state index in [4.69, 9.17) is 0 Å². The van der Waals surface area contributed by atoms with E-state index in [1.165, 1.54) is 0 Å². The fourth-order valence-electron chi connectivity index (χ4n) is 2.13. The van der Waals surface area contributed by atoms with Crippen LogP contribution < -0.4 is 4.72 Å². The molecule has 4 nitrogen and oxygen atoms in total. The fraction of sp³-hybridized carbons (Fsp3) is 1.00. The first kappa shape index (κ1) is 13.9. The summed E-state index contributed by atoms with van der Waals surface area (Å²) in [5, 5.41) is 9.81. The van der Waals surface area contributed by atoms with Crippen molar-refractivity contribution in [3.8, 4) is 0 Å². The summed E-state index contributed by atoms with van der Waals surface area (Å²) in [7, 11) is -3.18. The number of aliphatic hydroxyl groups is 1. The molecular weight excluding hydrogens is 226 g/mol. The maximum atomic E-state index is 11.5. The second kappa shape index (κ2) is 6.57. The molecule has 5 heteroatoms. The predicted molar refractivity (Wildman–Crippen MR) is 64.7 cm³/mol. The van der Waals surface area contributed by atoms with E-state index >= 15 is 0 Å². The summed E-state index contributed by atoms with van der Waals surface area (Å²) in [6.45, 7) is 2.14.